The smallest absolute Gasteiger partial charge is 0.326 e. The monoisotopic (exact) mass is 407 g/mol. The van der Waals surface area contributed by atoms with Gasteiger partial charge in [-0.3, -0.25) is 4.79 Å². The van der Waals surface area contributed by atoms with Gasteiger partial charge in [-0.15, -0.1) is 0 Å². The van der Waals surface area contributed by atoms with Crippen LogP contribution in [0.1, 0.15) is 67.2 Å². The predicted octanol–water partition coefficient (Wildman–Crippen LogP) is 1.89. The molecule has 0 spiro atoms. The van der Waals surface area contributed by atoms with E-state index in [1.807, 2.05) is 27.7 Å². The zero-order chi connectivity index (χ0) is 21.4. The number of aliphatic carboxylic acids is 3. The van der Waals surface area contributed by atoms with Crippen LogP contribution in [-0.4, -0.2) is 63.9 Å². The summed E-state index contributed by atoms with van der Waals surface area (Å²) < 4.78 is 0. The second-order valence-corrected chi connectivity index (χ2v) is 5.94. The topological polar surface area (TPSA) is 165 Å². The minimum atomic E-state index is -1.40. The largest absolute Gasteiger partial charge is 0.481 e. The molecular formula is C18H37N3O7. The zero-order valence-electron chi connectivity index (χ0n) is 16.4. The van der Waals surface area contributed by atoms with Crippen LogP contribution in [0.2, 0.25) is 0 Å². The highest BCUT2D eigenvalue weighted by Gasteiger charge is 2.24. The van der Waals surface area contributed by atoms with Crippen molar-refractivity contribution in [2.75, 3.05) is 6.54 Å². The minimum Gasteiger partial charge on any atom is -0.481 e. The fourth-order valence-corrected chi connectivity index (χ4v) is 2.00. The molecule has 0 aliphatic heterocycles. The maximum absolute atomic E-state index is 11.8. The first kappa shape index (κ1) is 30.4. The Morgan fingerprint density at radius 3 is 1.68 bits per heavy atom. The third-order valence-corrected chi connectivity index (χ3v) is 3.33. The molecule has 0 saturated carbocycles. The lowest BCUT2D eigenvalue weighted by molar-refractivity contribution is -0.140. The van der Waals surface area contributed by atoms with Crippen LogP contribution in [0.5, 0.6) is 0 Å². The number of nitrogens with one attached hydrogen (secondary N) is 3. The Balaban J connectivity index is -0.00000201. The lowest BCUT2D eigenvalue weighted by atomic mass is 10.1. The fourth-order valence-electron chi connectivity index (χ4n) is 2.00. The van der Waals surface area contributed by atoms with Crippen LogP contribution in [0.15, 0.2) is 0 Å². The van der Waals surface area contributed by atoms with Crippen molar-refractivity contribution in [3.05, 3.63) is 0 Å². The summed E-state index contributed by atoms with van der Waals surface area (Å²) >= 11 is 0. The van der Waals surface area contributed by atoms with E-state index in [9.17, 15) is 19.2 Å². The molecule has 2 amide bonds. The van der Waals surface area contributed by atoms with E-state index in [1.165, 1.54) is 0 Å². The molecule has 0 rings (SSSR count). The number of hydrogen-bond acceptors (Lipinski definition) is 5. The molecular weight excluding hydrogens is 370 g/mol. The third-order valence-electron chi connectivity index (χ3n) is 3.33. The van der Waals surface area contributed by atoms with Crippen LogP contribution < -0.4 is 16.0 Å². The molecule has 2 atom stereocenters. The maximum atomic E-state index is 11.8. The summed E-state index contributed by atoms with van der Waals surface area (Å²) in [7, 11) is 0. The Bertz CT molecular complexity index is 470. The van der Waals surface area contributed by atoms with Gasteiger partial charge in [-0.2, -0.15) is 0 Å². The number of urea groups is 1. The predicted molar refractivity (Wildman–Crippen MR) is 106 cm³/mol. The van der Waals surface area contributed by atoms with E-state index in [4.69, 9.17) is 15.3 Å². The van der Waals surface area contributed by atoms with Crippen molar-refractivity contribution >= 4 is 23.9 Å². The molecule has 0 saturated heterocycles. The summed E-state index contributed by atoms with van der Waals surface area (Å²) in [6.07, 6.45) is 0.786. The molecule has 28 heavy (non-hydrogen) atoms. The molecule has 0 radical (unpaired) electrons. The van der Waals surface area contributed by atoms with E-state index in [2.05, 4.69) is 16.0 Å². The highest BCUT2D eigenvalue weighted by Crippen LogP contribution is 2.03. The average molecular weight is 408 g/mol. The van der Waals surface area contributed by atoms with Crippen molar-refractivity contribution in [2.24, 2.45) is 0 Å². The van der Waals surface area contributed by atoms with E-state index in [1.54, 1.807) is 0 Å². The van der Waals surface area contributed by atoms with Gasteiger partial charge in [-0.25, -0.2) is 14.4 Å². The number of carboxylic acids is 3. The van der Waals surface area contributed by atoms with E-state index < -0.39 is 42.4 Å². The van der Waals surface area contributed by atoms with Gasteiger partial charge in [0, 0.05) is 12.5 Å². The first-order chi connectivity index (χ1) is 12.6. The van der Waals surface area contributed by atoms with Gasteiger partial charge in [-0.1, -0.05) is 35.1 Å². The number of hydrogen-bond donors (Lipinski definition) is 6. The Morgan fingerprint density at radius 1 is 0.821 bits per heavy atom. The first-order valence-electron chi connectivity index (χ1n) is 9.11. The third kappa shape index (κ3) is 17.1. The number of carboxylic acid groups (broad SMARTS) is 3. The molecule has 6 N–H and O–H groups in total. The molecule has 0 aliphatic rings. The van der Waals surface area contributed by atoms with Crippen LogP contribution in [0.3, 0.4) is 0 Å². The summed E-state index contributed by atoms with van der Waals surface area (Å²) in [6, 6.07) is -3.17. The first-order valence-corrected chi connectivity index (χ1v) is 9.11. The molecule has 166 valence electrons. The van der Waals surface area contributed by atoms with Crippen molar-refractivity contribution in [3.8, 4) is 0 Å². The van der Waals surface area contributed by atoms with Crippen molar-refractivity contribution in [3.63, 3.8) is 0 Å². The SMILES string of the molecule is C.CC.CC(C)NCCCC[C@H](NC(=O)NC(CCC(=O)O)C(=O)O)C(=O)O. The number of amides is 2. The molecule has 1 unspecified atom stereocenters. The molecule has 0 aromatic heterocycles. The van der Waals surface area contributed by atoms with Crippen molar-refractivity contribution < 1.29 is 34.5 Å². The second kappa shape index (κ2) is 18.0. The van der Waals surface area contributed by atoms with Gasteiger partial charge < -0.3 is 31.3 Å². The summed E-state index contributed by atoms with van der Waals surface area (Å²) in [5.41, 5.74) is 0. The Hall–Kier alpha value is -2.36. The number of carbonyl (C=O) groups is 4. The van der Waals surface area contributed by atoms with Crippen LogP contribution in [0, 0.1) is 0 Å². The molecule has 10 nitrogen and oxygen atoms in total. The van der Waals surface area contributed by atoms with E-state index in [0.717, 1.165) is 13.0 Å². The minimum absolute atomic E-state index is 0. The van der Waals surface area contributed by atoms with Crippen molar-refractivity contribution in [2.45, 2.75) is 85.4 Å². The molecule has 0 aromatic rings. The fraction of sp³-hybridized carbons (Fsp3) is 0.778. The Labute approximate surface area is 167 Å². The summed E-state index contributed by atoms with van der Waals surface area (Å²) in [6.45, 7) is 8.72. The van der Waals surface area contributed by atoms with Crippen molar-refractivity contribution in [1.29, 1.82) is 0 Å². The highest BCUT2D eigenvalue weighted by atomic mass is 16.4. The van der Waals surface area contributed by atoms with Crippen LogP contribution in [0.4, 0.5) is 4.79 Å². The number of carbonyl (C=O) groups excluding carboxylic acids is 1. The number of unbranched alkanes of at least 4 members (excludes halogenated alkanes) is 1. The van der Waals surface area contributed by atoms with E-state index in [0.29, 0.717) is 12.5 Å². The summed E-state index contributed by atoms with van der Waals surface area (Å²) in [4.78, 5) is 44.5. The highest BCUT2D eigenvalue weighted by molar-refractivity contribution is 5.86. The van der Waals surface area contributed by atoms with Gasteiger partial charge in [0.2, 0.25) is 0 Å². The maximum Gasteiger partial charge on any atom is 0.326 e. The Kier molecular flexibility index (Phi) is 19.6. The van der Waals surface area contributed by atoms with Crippen LogP contribution >= 0.6 is 0 Å². The average Bonchev–Trinajstić information content (AvgIpc) is 2.58. The van der Waals surface area contributed by atoms with Gasteiger partial charge >= 0.3 is 23.9 Å². The molecule has 0 aromatic carbocycles. The second-order valence-electron chi connectivity index (χ2n) is 5.94. The standard InChI is InChI=1S/C15H27N3O7.C2H6.CH4/c1-9(2)16-8-4-3-5-10(13(21)22)17-15(25)18-11(14(23)24)6-7-12(19)20;1-2;/h9-11,16H,3-8H2,1-2H3,(H,19,20)(H,21,22)(H,23,24)(H2,17,18,25);1-2H3;1H4/t10-,11?;;/m0../s1. The molecule has 0 aliphatic carbocycles. The van der Waals surface area contributed by atoms with Crippen LogP contribution in [-0.2, 0) is 14.4 Å². The van der Waals surface area contributed by atoms with Gasteiger partial charge in [0.25, 0.3) is 0 Å². The molecule has 0 bridgehead atoms. The lowest BCUT2D eigenvalue weighted by Gasteiger charge is -2.18. The molecule has 0 fully saturated rings. The number of rotatable bonds is 13. The van der Waals surface area contributed by atoms with Gasteiger partial charge in [0.1, 0.15) is 12.1 Å². The van der Waals surface area contributed by atoms with Gasteiger partial charge in [-0.05, 0) is 32.2 Å². The quantitative estimate of drug-likeness (QED) is 0.252. The molecule has 10 heteroatoms. The lowest BCUT2D eigenvalue weighted by Crippen LogP contribution is -2.51. The Morgan fingerprint density at radius 2 is 1.29 bits per heavy atom. The zero-order valence-corrected chi connectivity index (χ0v) is 16.4. The van der Waals surface area contributed by atoms with Crippen molar-refractivity contribution in [1.82, 2.24) is 16.0 Å². The van der Waals surface area contributed by atoms with Gasteiger partial charge in [0.05, 0.1) is 0 Å². The normalized spacial score (nSPS) is 11.9. The van der Waals surface area contributed by atoms with Crippen LogP contribution in [0.25, 0.3) is 0 Å². The van der Waals surface area contributed by atoms with E-state index >= 15 is 0 Å². The van der Waals surface area contributed by atoms with E-state index in [-0.39, 0.29) is 20.3 Å². The van der Waals surface area contributed by atoms with Gasteiger partial charge in [0.15, 0.2) is 0 Å². The summed E-state index contributed by atoms with van der Waals surface area (Å²) in [5.74, 6) is -3.79. The molecule has 0 heterocycles. The summed E-state index contributed by atoms with van der Waals surface area (Å²) in [5, 5.41) is 34.2.